The number of hydrogen-bond donors (Lipinski definition) is 6. The van der Waals surface area contributed by atoms with E-state index in [1.807, 2.05) is 0 Å². The summed E-state index contributed by atoms with van der Waals surface area (Å²) < 4.78 is 8.83. The van der Waals surface area contributed by atoms with E-state index in [9.17, 15) is 24.0 Å². The molecule has 27 heavy (non-hydrogen) atoms. The first-order valence-electron chi connectivity index (χ1n) is 7.11. The third-order valence-electron chi connectivity index (χ3n) is 2.31. The van der Waals surface area contributed by atoms with Crippen LogP contribution in [0, 0.1) is 0 Å². The number of carbonyl (C=O) groups excluding carboxylic acids is 2. The molecule has 0 bridgehead atoms. The van der Waals surface area contributed by atoms with Crippen molar-refractivity contribution >= 4 is 29.8 Å². The molecule has 0 aromatic carbocycles. The Bertz CT molecular complexity index is 513. The van der Waals surface area contributed by atoms with Gasteiger partial charge in [-0.05, 0) is 0 Å². The van der Waals surface area contributed by atoms with Crippen LogP contribution in [0.3, 0.4) is 0 Å². The molecule has 0 aliphatic rings. The summed E-state index contributed by atoms with van der Waals surface area (Å²) in [6.45, 7) is -0.771. The summed E-state index contributed by atoms with van der Waals surface area (Å²) in [5.41, 5.74) is -2.74. The van der Waals surface area contributed by atoms with E-state index in [1.54, 1.807) is 0 Å². The minimum absolute atomic E-state index is 0.116. The molecule has 0 saturated carbocycles. The maximum Gasteiger partial charge on any atom is 0.336 e. The average Bonchev–Trinajstić information content (AvgIpc) is 2.55. The van der Waals surface area contributed by atoms with Gasteiger partial charge in [-0.3, -0.25) is 9.59 Å². The second kappa shape index (κ2) is 14.2. The lowest BCUT2D eigenvalue weighted by molar-refractivity contribution is -0.170. The lowest BCUT2D eigenvalue weighted by atomic mass is 9.96. The number of carboxylic acid groups (broad SMARTS) is 3. The van der Waals surface area contributed by atoms with Gasteiger partial charge in [0.25, 0.3) is 0 Å². The fraction of sp³-hybridized carbons (Fsp3) is 0.500. The maximum atomic E-state index is 10.7. The van der Waals surface area contributed by atoms with Gasteiger partial charge in [-0.25, -0.2) is 14.4 Å². The third-order valence-corrected chi connectivity index (χ3v) is 2.31. The van der Waals surface area contributed by atoms with E-state index < -0.39 is 48.3 Å². The first-order valence-corrected chi connectivity index (χ1v) is 7.11. The SMILES string of the molecule is O=C(/C=C\C(=O)OCCO)OCCO.O=C(O)CC(O)(CC(=O)O)C(=O)O. The minimum atomic E-state index is -2.74. The van der Waals surface area contributed by atoms with E-state index in [1.165, 1.54) is 0 Å². The zero-order chi connectivity index (χ0) is 21.5. The smallest absolute Gasteiger partial charge is 0.336 e. The highest BCUT2D eigenvalue weighted by atomic mass is 16.5. The molecule has 0 fully saturated rings. The molecule has 0 aromatic heterocycles. The van der Waals surface area contributed by atoms with Gasteiger partial charge in [-0.1, -0.05) is 0 Å². The molecule has 13 nitrogen and oxygen atoms in total. The summed E-state index contributed by atoms with van der Waals surface area (Å²) in [5, 5.41) is 50.4. The topological polar surface area (TPSA) is 225 Å². The predicted molar refractivity (Wildman–Crippen MR) is 82.3 cm³/mol. The van der Waals surface area contributed by atoms with E-state index in [4.69, 9.17) is 30.6 Å². The van der Waals surface area contributed by atoms with Crippen molar-refractivity contribution in [2.45, 2.75) is 18.4 Å². The Morgan fingerprint density at radius 3 is 1.30 bits per heavy atom. The number of carbonyl (C=O) groups is 5. The molecule has 0 aliphatic heterocycles. The van der Waals surface area contributed by atoms with E-state index in [0.29, 0.717) is 0 Å². The summed E-state index contributed by atoms with van der Waals surface area (Å²) in [7, 11) is 0. The van der Waals surface area contributed by atoms with Gasteiger partial charge < -0.3 is 40.1 Å². The van der Waals surface area contributed by atoms with Crippen LogP contribution in [0.5, 0.6) is 0 Å². The highest BCUT2D eigenvalue weighted by Gasteiger charge is 2.40. The van der Waals surface area contributed by atoms with E-state index in [2.05, 4.69) is 9.47 Å². The molecule has 0 saturated heterocycles. The van der Waals surface area contributed by atoms with Gasteiger partial charge in [0.1, 0.15) is 13.2 Å². The summed E-state index contributed by atoms with van der Waals surface area (Å²) in [4.78, 5) is 51.9. The number of aliphatic hydroxyl groups excluding tert-OH is 2. The predicted octanol–water partition coefficient (Wildman–Crippen LogP) is -2.63. The average molecular weight is 396 g/mol. The molecule has 0 unspecified atom stereocenters. The Balaban J connectivity index is 0. The Morgan fingerprint density at radius 2 is 1.07 bits per heavy atom. The van der Waals surface area contributed by atoms with Crippen LogP contribution in [0.2, 0.25) is 0 Å². The number of aliphatic hydroxyl groups is 3. The van der Waals surface area contributed by atoms with Crippen molar-refractivity contribution in [3.05, 3.63) is 12.2 Å². The van der Waals surface area contributed by atoms with Crippen LogP contribution in [-0.2, 0) is 33.4 Å². The molecule has 0 aliphatic carbocycles. The fourth-order valence-electron chi connectivity index (χ4n) is 1.24. The second-order valence-electron chi connectivity index (χ2n) is 4.59. The van der Waals surface area contributed by atoms with Gasteiger partial charge in [-0.15, -0.1) is 0 Å². The largest absolute Gasteiger partial charge is 0.481 e. The summed E-state index contributed by atoms with van der Waals surface area (Å²) in [5.74, 6) is -6.49. The first-order chi connectivity index (χ1) is 12.5. The second-order valence-corrected chi connectivity index (χ2v) is 4.59. The van der Waals surface area contributed by atoms with E-state index in [0.717, 1.165) is 12.2 Å². The lowest BCUT2D eigenvalue weighted by Crippen LogP contribution is -2.42. The number of carboxylic acids is 3. The highest BCUT2D eigenvalue weighted by molar-refractivity contribution is 5.91. The van der Waals surface area contributed by atoms with Crippen molar-refractivity contribution < 1.29 is 64.1 Å². The van der Waals surface area contributed by atoms with Gasteiger partial charge in [0.05, 0.1) is 26.1 Å². The number of rotatable bonds is 11. The van der Waals surface area contributed by atoms with Gasteiger partial charge in [-0.2, -0.15) is 0 Å². The third kappa shape index (κ3) is 15.0. The van der Waals surface area contributed by atoms with Crippen molar-refractivity contribution in [1.82, 2.24) is 0 Å². The monoisotopic (exact) mass is 396 g/mol. The number of aliphatic carboxylic acids is 3. The molecule has 13 heteroatoms. The Hall–Kier alpha value is -3.03. The highest BCUT2D eigenvalue weighted by Crippen LogP contribution is 2.15. The van der Waals surface area contributed by atoms with Crippen molar-refractivity contribution in [1.29, 1.82) is 0 Å². The van der Waals surface area contributed by atoms with Crippen LogP contribution in [-0.4, -0.2) is 92.5 Å². The number of esters is 2. The number of hydrogen-bond acceptors (Lipinski definition) is 10. The Morgan fingerprint density at radius 1 is 0.741 bits per heavy atom. The van der Waals surface area contributed by atoms with Crippen molar-refractivity contribution in [2.75, 3.05) is 26.4 Å². The molecule has 0 amide bonds. The standard InChI is InChI=1S/C8H12O6.C6H8O7/c9-3-5-13-7(11)1-2-8(12)14-6-4-10;7-3(8)1-6(13,5(11)12)2-4(9)10/h1-2,9-10H,3-6H2;13H,1-2H2,(H,7,8)(H,9,10)(H,11,12)/b2-1-;. The Kier molecular flexibility index (Phi) is 13.8. The molecular formula is C14H20O13. The quantitative estimate of drug-likeness (QED) is 0.155. The molecule has 6 N–H and O–H groups in total. The molecule has 0 spiro atoms. The fourth-order valence-corrected chi connectivity index (χ4v) is 1.24. The molecule has 0 heterocycles. The van der Waals surface area contributed by atoms with Crippen molar-refractivity contribution in [3.8, 4) is 0 Å². The lowest BCUT2D eigenvalue weighted by Gasteiger charge is -2.18. The first kappa shape index (κ1) is 26.2. The zero-order valence-corrected chi connectivity index (χ0v) is 13.9. The van der Waals surface area contributed by atoms with Crippen LogP contribution < -0.4 is 0 Å². The van der Waals surface area contributed by atoms with Gasteiger partial charge in [0, 0.05) is 12.2 Å². The molecule has 0 rings (SSSR count). The van der Waals surface area contributed by atoms with Crippen molar-refractivity contribution in [2.24, 2.45) is 0 Å². The Labute approximate surface area is 152 Å². The van der Waals surface area contributed by atoms with Crippen LogP contribution in [0.4, 0.5) is 0 Å². The molecule has 154 valence electrons. The summed E-state index contributed by atoms with van der Waals surface area (Å²) in [6.07, 6.45) is -0.520. The molecule has 0 radical (unpaired) electrons. The number of ether oxygens (including phenoxy) is 2. The normalized spacial score (nSPS) is 10.5. The molecule has 0 aromatic rings. The van der Waals surface area contributed by atoms with Crippen LogP contribution >= 0.6 is 0 Å². The van der Waals surface area contributed by atoms with Crippen LogP contribution in [0.15, 0.2) is 12.2 Å². The van der Waals surface area contributed by atoms with E-state index >= 15 is 0 Å². The van der Waals surface area contributed by atoms with Crippen LogP contribution in [0.25, 0.3) is 0 Å². The maximum absolute atomic E-state index is 10.7. The zero-order valence-electron chi connectivity index (χ0n) is 13.9. The summed E-state index contributed by atoms with van der Waals surface area (Å²) >= 11 is 0. The molecule has 0 atom stereocenters. The van der Waals surface area contributed by atoms with Crippen molar-refractivity contribution in [3.63, 3.8) is 0 Å². The van der Waals surface area contributed by atoms with Gasteiger partial charge in [0.15, 0.2) is 5.60 Å². The van der Waals surface area contributed by atoms with Gasteiger partial charge >= 0.3 is 29.8 Å². The summed E-state index contributed by atoms with van der Waals surface area (Å²) in [6, 6.07) is 0. The van der Waals surface area contributed by atoms with Crippen LogP contribution in [0.1, 0.15) is 12.8 Å². The molecular weight excluding hydrogens is 376 g/mol. The van der Waals surface area contributed by atoms with Gasteiger partial charge in [0.2, 0.25) is 0 Å². The van der Waals surface area contributed by atoms with E-state index in [-0.39, 0.29) is 26.4 Å². The minimum Gasteiger partial charge on any atom is -0.481 e.